The number of pyridine rings is 1. The number of morpholine rings is 1. The first kappa shape index (κ1) is 21.5. The molecule has 2 N–H and O–H groups in total. The molecule has 3 rings (SSSR count). The second-order valence-electron chi connectivity index (χ2n) is 6.70. The topological polar surface area (TPSA) is 119 Å². The minimum absolute atomic E-state index is 0.0442. The van der Waals surface area contributed by atoms with Crippen LogP contribution in [0.5, 0.6) is 5.75 Å². The molecule has 10 nitrogen and oxygen atoms in total. The normalized spacial score (nSPS) is 14.2. The number of aromatic nitrogens is 1. The summed E-state index contributed by atoms with van der Waals surface area (Å²) in [4.78, 5) is 29.4. The lowest BCUT2D eigenvalue weighted by Crippen LogP contribution is -2.38. The molecule has 1 aromatic carbocycles. The van der Waals surface area contributed by atoms with Crippen LogP contribution in [-0.4, -0.2) is 67.2 Å². The van der Waals surface area contributed by atoms with Crippen molar-refractivity contribution in [2.24, 2.45) is 0 Å². The number of rotatable bonds is 9. The molecule has 1 amide bonds. The molecule has 1 aliphatic heterocycles. The quantitative estimate of drug-likeness (QED) is 0.469. The molecule has 0 bridgehead atoms. The van der Waals surface area contributed by atoms with Crippen LogP contribution in [0.15, 0.2) is 36.5 Å². The molecular weight excluding hydrogens is 390 g/mol. The molecule has 10 heteroatoms. The number of nitrogens with one attached hydrogen (secondary N) is 2. The van der Waals surface area contributed by atoms with Gasteiger partial charge in [0.05, 0.1) is 18.1 Å². The maximum absolute atomic E-state index is 12.5. The lowest BCUT2D eigenvalue weighted by atomic mass is 10.1. The zero-order chi connectivity index (χ0) is 21.3. The number of nitrogens with zero attached hydrogens (tertiary/aromatic N) is 3. The molecule has 0 spiro atoms. The molecule has 1 fully saturated rings. The molecule has 0 saturated carbocycles. The largest absolute Gasteiger partial charge is 0.492 e. The van der Waals surface area contributed by atoms with Gasteiger partial charge in [0.15, 0.2) is 0 Å². The number of carbonyl (C=O) groups is 1. The van der Waals surface area contributed by atoms with Gasteiger partial charge < -0.3 is 20.1 Å². The average molecular weight is 415 g/mol. The molecule has 0 unspecified atom stereocenters. The van der Waals surface area contributed by atoms with E-state index in [-0.39, 0.29) is 23.6 Å². The van der Waals surface area contributed by atoms with E-state index in [9.17, 15) is 14.9 Å². The summed E-state index contributed by atoms with van der Waals surface area (Å²) in [6, 6.07) is 8.74. The fourth-order valence-corrected chi connectivity index (χ4v) is 3.15. The van der Waals surface area contributed by atoms with Crippen molar-refractivity contribution < 1.29 is 19.2 Å². The van der Waals surface area contributed by atoms with Crippen molar-refractivity contribution in [3.8, 4) is 5.75 Å². The minimum Gasteiger partial charge on any atom is -0.492 e. The van der Waals surface area contributed by atoms with E-state index in [4.69, 9.17) is 9.47 Å². The second-order valence-corrected chi connectivity index (χ2v) is 6.70. The summed E-state index contributed by atoms with van der Waals surface area (Å²) in [5.74, 6) is 0.213. The summed E-state index contributed by atoms with van der Waals surface area (Å²) in [6.45, 7) is 4.92. The van der Waals surface area contributed by atoms with Gasteiger partial charge in [-0.3, -0.25) is 19.8 Å². The first-order valence-electron chi connectivity index (χ1n) is 9.69. The smallest absolute Gasteiger partial charge is 0.324 e. The molecule has 1 saturated heterocycles. The van der Waals surface area contributed by atoms with Crippen molar-refractivity contribution in [3.63, 3.8) is 0 Å². The Morgan fingerprint density at radius 1 is 1.33 bits per heavy atom. The van der Waals surface area contributed by atoms with Crippen LogP contribution in [0.4, 0.5) is 11.5 Å². The van der Waals surface area contributed by atoms with E-state index in [1.165, 1.54) is 19.3 Å². The van der Waals surface area contributed by atoms with Gasteiger partial charge in [-0.2, -0.15) is 0 Å². The Bertz CT molecular complexity index is 886. The maximum atomic E-state index is 12.5. The van der Waals surface area contributed by atoms with Crippen molar-refractivity contribution in [2.75, 3.05) is 51.8 Å². The highest BCUT2D eigenvalue weighted by Gasteiger charge is 2.25. The fourth-order valence-electron chi connectivity index (χ4n) is 3.15. The molecule has 0 radical (unpaired) electrons. The lowest BCUT2D eigenvalue weighted by Gasteiger charge is -2.26. The number of carbonyl (C=O) groups excluding carboxylic acids is 1. The summed E-state index contributed by atoms with van der Waals surface area (Å²) >= 11 is 0. The Labute approximate surface area is 174 Å². The van der Waals surface area contributed by atoms with Crippen molar-refractivity contribution in [1.29, 1.82) is 0 Å². The SMILES string of the molecule is CNc1nccc(C(=O)NCc2cccc(OCCN3CCOCC3)c2)c1[N+](=O)[O-]. The Morgan fingerprint density at radius 3 is 2.87 bits per heavy atom. The van der Waals surface area contributed by atoms with Gasteiger partial charge in [-0.15, -0.1) is 0 Å². The van der Waals surface area contributed by atoms with E-state index in [1.807, 2.05) is 24.3 Å². The van der Waals surface area contributed by atoms with Gasteiger partial charge in [0.2, 0.25) is 5.82 Å². The van der Waals surface area contributed by atoms with Crippen molar-refractivity contribution in [2.45, 2.75) is 6.54 Å². The maximum Gasteiger partial charge on any atom is 0.324 e. The van der Waals surface area contributed by atoms with E-state index in [1.54, 1.807) is 0 Å². The van der Waals surface area contributed by atoms with Gasteiger partial charge in [0.25, 0.3) is 5.91 Å². The zero-order valence-electron chi connectivity index (χ0n) is 16.8. The van der Waals surface area contributed by atoms with Gasteiger partial charge >= 0.3 is 5.69 Å². The Kier molecular flexibility index (Phi) is 7.52. The Morgan fingerprint density at radius 2 is 2.13 bits per heavy atom. The van der Waals surface area contributed by atoms with Crippen LogP contribution < -0.4 is 15.4 Å². The van der Waals surface area contributed by atoms with E-state index >= 15 is 0 Å². The number of anilines is 1. The highest BCUT2D eigenvalue weighted by atomic mass is 16.6. The molecule has 1 aliphatic rings. The third-order valence-electron chi connectivity index (χ3n) is 4.72. The predicted molar refractivity (Wildman–Crippen MR) is 111 cm³/mol. The van der Waals surface area contributed by atoms with Gasteiger partial charge in [-0.25, -0.2) is 4.98 Å². The van der Waals surface area contributed by atoms with Crippen LogP contribution in [0.2, 0.25) is 0 Å². The van der Waals surface area contributed by atoms with Crippen molar-refractivity contribution in [3.05, 3.63) is 57.8 Å². The average Bonchev–Trinajstić information content (AvgIpc) is 2.77. The van der Waals surface area contributed by atoms with Crippen LogP contribution in [0.3, 0.4) is 0 Å². The number of nitro groups is 1. The third kappa shape index (κ3) is 5.65. The minimum atomic E-state index is -0.614. The molecule has 1 aromatic heterocycles. The number of hydrogen-bond donors (Lipinski definition) is 2. The molecular formula is C20H25N5O5. The van der Waals surface area contributed by atoms with E-state index in [0.29, 0.717) is 12.4 Å². The summed E-state index contributed by atoms with van der Waals surface area (Å²) in [5, 5.41) is 16.7. The molecule has 0 aliphatic carbocycles. The summed E-state index contributed by atoms with van der Waals surface area (Å²) in [7, 11) is 1.52. The summed E-state index contributed by atoms with van der Waals surface area (Å²) in [5.41, 5.74) is 0.438. The van der Waals surface area contributed by atoms with Gasteiger partial charge in [-0.1, -0.05) is 12.1 Å². The lowest BCUT2D eigenvalue weighted by molar-refractivity contribution is -0.384. The molecule has 2 heterocycles. The Balaban J connectivity index is 1.56. The highest BCUT2D eigenvalue weighted by Crippen LogP contribution is 2.26. The fraction of sp³-hybridized carbons (Fsp3) is 0.400. The molecule has 160 valence electrons. The monoisotopic (exact) mass is 415 g/mol. The highest BCUT2D eigenvalue weighted by molar-refractivity contribution is 5.99. The summed E-state index contributed by atoms with van der Waals surface area (Å²) in [6.07, 6.45) is 1.36. The van der Waals surface area contributed by atoms with Crippen LogP contribution in [-0.2, 0) is 11.3 Å². The van der Waals surface area contributed by atoms with Gasteiger partial charge in [0.1, 0.15) is 17.9 Å². The molecule has 0 atom stereocenters. The first-order valence-corrected chi connectivity index (χ1v) is 9.69. The van der Waals surface area contributed by atoms with E-state index in [2.05, 4.69) is 20.5 Å². The second kappa shape index (κ2) is 10.5. The number of benzene rings is 1. The van der Waals surface area contributed by atoms with Crippen LogP contribution in [0.1, 0.15) is 15.9 Å². The number of ether oxygens (including phenoxy) is 2. The summed E-state index contributed by atoms with van der Waals surface area (Å²) < 4.78 is 11.2. The van der Waals surface area contributed by atoms with Crippen LogP contribution >= 0.6 is 0 Å². The van der Waals surface area contributed by atoms with E-state index < -0.39 is 10.8 Å². The predicted octanol–water partition coefficient (Wildman–Crippen LogP) is 1.67. The third-order valence-corrected chi connectivity index (χ3v) is 4.72. The number of hydrogen-bond acceptors (Lipinski definition) is 8. The van der Waals surface area contributed by atoms with Gasteiger partial charge in [-0.05, 0) is 23.8 Å². The molecule has 30 heavy (non-hydrogen) atoms. The number of amides is 1. The zero-order valence-corrected chi connectivity index (χ0v) is 16.8. The standard InChI is InChI=1S/C20H25N5O5/c1-21-19-18(25(27)28)17(5-6-22-19)20(26)23-14-15-3-2-4-16(13-15)30-12-9-24-7-10-29-11-8-24/h2-6,13H,7-12,14H2,1H3,(H,21,22)(H,23,26). The van der Waals surface area contributed by atoms with Crippen molar-refractivity contribution >= 4 is 17.4 Å². The van der Waals surface area contributed by atoms with Crippen LogP contribution in [0, 0.1) is 10.1 Å². The van der Waals surface area contributed by atoms with E-state index in [0.717, 1.165) is 38.4 Å². The first-order chi connectivity index (χ1) is 14.6. The van der Waals surface area contributed by atoms with Gasteiger partial charge in [0, 0.05) is 39.4 Å². The Hall–Kier alpha value is -3.24. The van der Waals surface area contributed by atoms with Crippen molar-refractivity contribution in [1.82, 2.24) is 15.2 Å². The van der Waals surface area contributed by atoms with Crippen LogP contribution in [0.25, 0.3) is 0 Å². The molecule has 2 aromatic rings.